The molecule has 10 heteroatoms. The standard InChI is InChI=1S/C30H43FN4O5/c1-28-10-18-11-29(2,15-28)17-30(12-18,16-28)35-27(40)34-24-8-5-20(9-23(24)31)26(39)32-21-6-3-19(4-7-21)25(38)33-22(13-36)14-37/h5,8-9,18-19,21-22,36-37H,3-4,6-7,10-17H2,1-2H3,(H,32,39)(H,33,38)(H2,34,35,40)/t18?,19?,21?,28-,29+,30?. The van der Waals surface area contributed by atoms with Gasteiger partial charge in [-0.3, -0.25) is 9.59 Å². The Morgan fingerprint density at radius 3 is 2.20 bits per heavy atom. The van der Waals surface area contributed by atoms with Gasteiger partial charge in [-0.25, -0.2) is 9.18 Å². The van der Waals surface area contributed by atoms with Crippen molar-refractivity contribution in [2.45, 2.75) is 95.7 Å². The number of anilines is 1. The summed E-state index contributed by atoms with van der Waals surface area (Å²) in [6, 6.07) is 2.85. The van der Waals surface area contributed by atoms with E-state index < -0.39 is 23.8 Å². The van der Waals surface area contributed by atoms with Crippen molar-refractivity contribution >= 4 is 23.5 Å². The van der Waals surface area contributed by atoms with Crippen molar-refractivity contribution in [3.05, 3.63) is 29.6 Å². The van der Waals surface area contributed by atoms with Gasteiger partial charge in [-0.05, 0) is 99.2 Å². The van der Waals surface area contributed by atoms with Gasteiger partial charge in [-0.1, -0.05) is 13.8 Å². The van der Waals surface area contributed by atoms with Crippen LogP contribution in [0, 0.1) is 28.5 Å². The normalized spacial score (nSPS) is 34.4. The molecule has 6 N–H and O–H groups in total. The highest BCUT2D eigenvalue weighted by atomic mass is 19.1. The summed E-state index contributed by atoms with van der Waals surface area (Å²) in [5, 5.41) is 29.8. The second kappa shape index (κ2) is 10.9. The van der Waals surface area contributed by atoms with Crippen LogP contribution in [0.1, 0.15) is 88.4 Å². The Morgan fingerprint density at radius 2 is 1.62 bits per heavy atom. The molecule has 9 nitrogen and oxygen atoms in total. The van der Waals surface area contributed by atoms with Crippen LogP contribution in [0.2, 0.25) is 0 Å². The van der Waals surface area contributed by atoms with Gasteiger partial charge in [0.1, 0.15) is 5.82 Å². The van der Waals surface area contributed by atoms with E-state index in [9.17, 15) is 18.8 Å². The van der Waals surface area contributed by atoms with Crippen LogP contribution in [0.15, 0.2) is 18.2 Å². The summed E-state index contributed by atoms with van der Waals surface area (Å²) in [4.78, 5) is 38.1. The minimum absolute atomic E-state index is 0.0341. The number of benzene rings is 1. The van der Waals surface area contributed by atoms with Crippen molar-refractivity contribution < 1.29 is 29.0 Å². The monoisotopic (exact) mass is 558 g/mol. The average molecular weight is 559 g/mol. The van der Waals surface area contributed by atoms with Gasteiger partial charge >= 0.3 is 6.03 Å². The number of hydrogen-bond donors (Lipinski definition) is 6. The van der Waals surface area contributed by atoms with Crippen molar-refractivity contribution in [1.82, 2.24) is 16.0 Å². The Balaban J connectivity index is 1.12. The first-order chi connectivity index (χ1) is 18.9. The summed E-state index contributed by atoms with van der Waals surface area (Å²) in [7, 11) is 0. The molecule has 0 heterocycles. The Hall–Kier alpha value is -2.72. The van der Waals surface area contributed by atoms with Crippen molar-refractivity contribution in [3.63, 3.8) is 0 Å². The lowest BCUT2D eigenvalue weighted by Crippen LogP contribution is -2.65. The third kappa shape index (κ3) is 6.12. The fourth-order valence-corrected chi connectivity index (χ4v) is 8.98. The Bertz CT molecular complexity index is 1130. The lowest BCUT2D eigenvalue weighted by Gasteiger charge is -2.65. The number of halogens is 1. The lowest BCUT2D eigenvalue weighted by molar-refractivity contribution is -0.127. The van der Waals surface area contributed by atoms with Gasteiger partial charge in [0.05, 0.1) is 24.9 Å². The molecule has 5 aliphatic rings. The largest absolute Gasteiger partial charge is 0.394 e. The molecule has 4 atom stereocenters. The molecule has 4 bridgehead atoms. The van der Waals surface area contributed by atoms with Crippen molar-refractivity contribution in [1.29, 1.82) is 0 Å². The van der Waals surface area contributed by atoms with E-state index in [0.29, 0.717) is 31.6 Å². The molecular formula is C30H43FN4O5. The minimum atomic E-state index is -0.674. The molecule has 0 saturated heterocycles. The summed E-state index contributed by atoms with van der Waals surface area (Å²) in [6.07, 6.45) is 8.85. The molecule has 1 aromatic carbocycles. The quantitative estimate of drug-likeness (QED) is 0.290. The zero-order valence-corrected chi connectivity index (χ0v) is 23.5. The number of urea groups is 1. The maximum absolute atomic E-state index is 15.0. The van der Waals surface area contributed by atoms with Crippen molar-refractivity contribution in [2.75, 3.05) is 18.5 Å². The van der Waals surface area contributed by atoms with Gasteiger partial charge < -0.3 is 31.5 Å². The van der Waals surface area contributed by atoms with E-state index in [2.05, 4.69) is 35.1 Å². The smallest absolute Gasteiger partial charge is 0.319 e. The number of amides is 4. The maximum atomic E-state index is 15.0. The molecule has 0 aliphatic heterocycles. The zero-order chi connectivity index (χ0) is 28.7. The molecule has 0 aromatic heterocycles. The van der Waals surface area contributed by atoms with E-state index in [1.165, 1.54) is 31.4 Å². The van der Waals surface area contributed by atoms with E-state index >= 15 is 0 Å². The summed E-state index contributed by atoms with van der Waals surface area (Å²) >= 11 is 0. The van der Waals surface area contributed by atoms with Crippen molar-refractivity contribution in [2.24, 2.45) is 22.7 Å². The van der Waals surface area contributed by atoms with Crippen LogP contribution in [-0.4, -0.2) is 58.9 Å². The van der Waals surface area contributed by atoms with Gasteiger partial charge in [0, 0.05) is 23.1 Å². The highest BCUT2D eigenvalue weighted by Gasteiger charge is 2.60. The number of aliphatic hydroxyl groups is 2. The average Bonchev–Trinajstić information content (AvgIpc) is 2.86. The van der Waals surface area contributed by atoms with Crippen LogP contribution in [-0.2, 0) is 4.79 Å². The predicted molar refractivity (Wildman–Crippen MR) is 148 cm³/mol. The Labute approximate surface area is 235 Å². The Kier molecular flexibility index (Phi) is 7.87. The van der Waals surface area contributed by atoms with Crippen LogP contribution < -0.4 is 21.3 Å². The van der Waals surface area contributed by atoms with Gasteiger partial charge in [-0.15, -0.1) is 0 Å². The van der Waals surface area contributed by atoms with E-state index in [-0.39, 0.29) is 58.7 Å². The van der Waals surface area contributed by atoms with Gasteiger partial charge in [0.15, 0.2) is 0 Å². The van der Waals surface area contributed by atoms with Crippen LogP contribution in [0.5, 0.6) is 0 Å². The second-order valence-corrected chi connectivity index (χ2v) is 13.8. The summed E-state index contributed by atoms with van der Waals surface area (Å²) in [6.45, 7) is 4.01. The van der Waals surface area contributed by atoms with E-state index in [1.54, 1.807) is 0 Å². The molecule has 4 amide bonds. The molecule has 5 saturated carbocycles. The lowest BCUT2D eigenvalue weighted by atomic mass is 9.43. The van der Waals surface area contributed by atoms with Crippen LogP contribution in [0.3, 0.4) is 0 Å². The minimum Gasteiger partial charge on any atom is -0.394 e. The molecule has 1 aromatic rings. The van der Waals surface area contributed by atoms with Crippen molar-refractivity contribution in [3.8, 4) is 0 Å². The second-order valence-electron chi connectivity index (χ2n) is 13.8. The number of nitrogens with one attached hydrogen (secondary N) is 4. The highest BCUT2D eigenvalue weighted by molar-refractivity contribution is 5.96. The third-order valence-corrected chi connectivity index (χ3v) is 9.70. The molecular weight excluding hydrogens is 515 g/mol. The van der Waals surface area contributed by atoms with Gasteiger partial charge in [0.25, 0.3) is 5.91 Å². The SMILES string of the molecule is C[C@]12CC3CC(NC(=O)Nc4ccc(C(=O)NC5CCC(C(=O)NC(CO)CO)CC5)cc4F)(C1)C[C@@](C)(C3)C2. The molecule has 5 fully saturated rings. The first kappa shape index (κ1) is 28.8. The Morgan fingerprint density at radius 1 is 0.975 bits per heavy atom. The van der Waals surface area contributed by atoms with E-state index in [0.717, 1.165) is 25.3 Å². The molecule has 40 heavy (non-hydrogen) atoms. The molecule has 5 aliphatic carbocycles. The summed E-state index contributed by atoms with van der Waals surface area (Å²) in [5.74, 6) is -0.905. The number of aliphatic hydroxyl groups excluding tert-OH is 2. The highest BCUT2D eigenvalue weighted by Crippen LogP contribution is 2.66. The van der Waals surface area contributed by atoms with Crippen LogP contribution in [0.4, 0.5) is 14.9 Å². The maximum Gasteiger partial charge on any atom is 0.319 e. The first-order valence-electron chi connectivity index (χ1n) is 14.6. The molecule has 0 spiro atoms. The van der Waals surface area contributed by atoms with E-state index in [1.807, 2.05) is 0 Å². The number of carbonyl (C=O) groups is 3. The zero-order valence-electron chi connectivity index (χ0n) is 23.5. The fraction of sp³-hybridized carbons (Fsp3) is 0.700. The van der Waals surface area contributed by atoms with E-state index in [4.69, 9.17) is 10.2 Å². The number of hydrogen-bond acceptors (Lipinski definition) is 5. The molecule has 2 unspecified atom stereocenters. The van der Waals surface area contributed by atoms with Crippen LogP contribution >= 0.6 is 0 Å². The third-order valence-electron chi connectivity index (χ3n) is 9.70. The predicted octanol–water partition coefficient (Wildman–Crippen LogP) is 3.45. The van der Waals surface area contributed by atoms with Crippen LogP contribution in [0.25, 0.3) is 0 Å². The fourth-order valence-electron chi connectivity index (χ4n) is 8.98. The number of rotatable bonds is 8. The van der Waals surface area contributed by atoms with Gasteiger partial charge in [0.2, 0.25) is 5.91 Å². The topological polar surface area (TPSA) is 140 Å². The molecule has 6 rings (SSSR count). The molecule has 220 valence electrons. The number of carbonyl (C=O) groups excluding carboxylic acids is 3. The first-order valence-corrected chi connectivity index (χ1v) is 14.6. The summed E-state index contributed by atoms with van der Waals surface area (Å²) < 4.78 is 15.0. The molecule has 0 radical (unpaired) electrons. The van der Waals surface area contributed by atoms with Gasteiger partial charge in [-0.2, -0.15) is 0 Å². The summed E-state index contributed by atoms with van der Waals surface area (Å²) in [5.41, 5.74) is 0.445.